The lowest BCUT2D eigenvalue weighted by atomic mass is 9.79. The van der Waals surface area contributed by atoms with Crippen molar-refractivity contribution in [3.05, 3.63) is 29.8 Å². The van der Waals surface area contributed by atoms with Gasteiger partial charge in [0, 0.05) is 6.54 Å². The highest BCUT2D eigenvalue weighted by molar-refractivity contribution is 5.82. The molecule has 1 N–H and O–H groups in total. The minimum absolute atomic E-state index is 0.207. The van der Waals surface area contributed by atoms with E-state index in [4.69, 9.17) is 4.74 Å². The van der Waals surface area contributed by atoms with Gasteiger partial charge in [0.2, 0.25) is 0 Å². The average Bonchev–Trinajstić information content (AvgIpc) is 2.98. The molecule has 2 fully saturated rings. The monoisotopic (exact) mass is 303 g/mol. The van der Waals surface area contributed by atoms with E-state index in [1.54, 1.807) is 0 Å². The number of carbonyl (C=O) groups is 1. The second-order valence-corrected chi connectivity index (χ2v) is 6.77. The van der Waals surface area contributed by atoms with Gasteiger partial charge in [0.05, 0.1) is 5.41 Å². The maximum absolute atomic E-state index is 11.8. The fraction of sp³-hybridized carbons (Fsp3) is 0.611. The number of nitrogens with zero attached hydrogens (tertiary/aromatic N) is 1. The molecule has 0 bridgehead atoms. The highest BCUT2D eigenvalue weighted by Gasteiger charge is 2.43. The molecule has 1 aromatic carbocycles. The van der Waals surface area contributed by atoms with Crippen LogP contribution in [0.15, 0.2) is 24.3 Å². The Morgan fingerprint density at radius 3 is 2.77 bits per heavy atom. The van der Waals surface area contributed by atoms with E-state index in [1.165, 1.54) is 0 Å². The molecule has 1 aliphatic heterocycles. The molecule has 4 heteroatoms. The number of piperidine rings is 1. The normalized spacial score (nSPS) is 25.0. The first-order chi connectivity index (χ1) is 10.6. The fourth-order valence-corrected chi connectivity index (χ4v) is 3.88. The van der Waals surface area contributed by atoms with E-state index in [0.717, 1.165) is 62.9 Å². The van der Waals surface area contributed by atoms with Crippen molar-refractivity contribution in [3.63, 3.8) is 0 Å². The number of likely N-dealkylation sites (tertiary alicyclic amines) is 1. The van der Waals surface area contributed by atoms with Gasteiger partial charge >= 0.3 is 5.97 Å². The molecule has 1 aliphatic carbocycles. The van der Waals surface area contributed by atoms with Crippen LogP contribution in [0.2, 0.25) is 0 Å². The van der Waals surface area contributed by atoms with Crippen molar-refractivity contribution in [3.8, 4) is 5.75 Å². The largest absolute Gasteiger partial charge is 0.489 e. The Morgan fingerprint density at radius 1 is 1.32 bits per heavy atom. The van der Waals surface area contributed by atoms with Crippen LogP contribution in [0.1, 0.15) is 44.1 Å². The molecule has 0 spiro atoms. The number of aliphatic carboxylic acids is 1. The molecule has 0 radical (unpaired) electrons. The Hall–Kier alpha value is -1.55. The van der Waals surface area contributed by atoms with Crippen LogP contribution in [-0.2, 0) is 10.2 Å². The van der Waals surface area contributed by atoms with E-state index in [1.807, 2.05) is 24.3 Å². The van der Waals surface area contributed by atoms with E-state index >= 15 is 0 Å². The second-order valence-electron chi connectivity index (χ2n) is 6.77. The zero-order valence-corrected chi connectivity index (χ0v) is 13.3. The number of likely N-dealkylation sites (N-methyl/N-ethyl adjacent to an activating group) is 1. The standard InChI is InChI=1S/C18H25NO3/c1-19-11-5-8-16(13-19)22-15-7-4-6-14(12-15)18(17(20)21)9-2-3-10-18/h4,6-7,12,16H,2-3,5,8-11,13H2,1H3,(H,20,21). The first-order valence-electron chi connectivity index (χ1n) is 8.29. The van der Waals surface area contributed by atoms with Crippen molar-refractivity contribution < 1.29 is 14.6 Å². The average molecular weight is 303 g/mol. The minimum Gasteiger partial charge on any atom is -0.489 e. The predicted octanol–water partition coefficient (Wildman–Crippen LogP) is 3.06. The van der Waals surface area contributed by atoms with Gasteiger partial charge in [-0.2, -0.15) is 0 Å². The lowest BCUT2D eigenvalue weighted by molar-refractivity contribution is -0.143. The van der Waals surface area contributed by atoms with Crippen LogP contribution < -0.4 is 4.74 Å². The Balaban J connectivity index is 1.79. The number of carboxylic acid groups (broad SMARTS) is 1. The second kappa shape index (κ2) is 6.29. The van der Waals surface area contributed by atoms with Crippen molar-refractivity contribution in [2.45, 2.75) is 50.0 Å². The number of ether oxygens (including phenoxy) is 1. The number of carboxylic acids is 1. The Bertz CT molecular complexity index is 537. The molecule has 2 aliphatic rings. The summed E-state index contributed by atoms with van der Waals surface area (Å²) in [7, 11) is 2.11. The first kappa shape index (κ1) is 15.3. The van der Waals surface area contributed by atoms with Crippen LogP contribution in [0, 0.1) is 0 Å². The molecule has 0 aromatic heterocycles. The molecule has 1 aromatic rings. The third-order valence-electron chi connectivity index (χ3n) is 5.14. The molecule has 22 heavy (non-hydrogen) atoms. The van der Waals surface area contributed by atoms with Gasteiger partial charge < -0.3 is 14.7 Å². The summed E-state index contributed by atoms with van der Waals surface area (Å²) >= 11 is 0. The highest BCUT2D eigenvalue weighted by atomic mass is 16.5. The molecule has 1 saturated carbocycles. The molecule has 1 unspecified atom stereocenters. The van der Waals surface area contributed by atoms with Crippen LogP contribution in [0.4, 0.5) is 0 Å². The topological polar surface area (TPSA) is 49.8 Å². The zero-order chi connectivity index (χ0) is 15.6. The van der Waals surface area contributed by atoms with Gasteiger partial charge in [-0.15, -0.1) is 0 Å². The summed E-state index contributed by atoms with van der Waals surface area (Å²) in [5.74, 6) is 0.116. The van der Waals surface area contributed by atoms with Gasteiger partial charge in [-0.25, -0.2) is 0 Å². The van der Waals surface area contributed by atoms with Crippen molar-refractivity contribution in [2.75, 3.05) is 20.1 Å². The summed E-state index contributed by atoms with van der Waals surface area (Å²) in [6.45, 7) is 2.07. The van der Waals surface area contributed by atoms with Crippen LogP contribution in [-0.4, -0.2) is 42.2 Å². The summed E-state index contributed by atoms with van der Waals surface area (Å²) in [4.78, 5) is 14.1. The third kappa shape index (κ3) is 2.98. The molecular weight excluding hydrogens is 278 g/mol. The molecule has 3 rings (SSSR count). The Kier molecular flexibility index (Phi) is 4.39. The van der Waals surface area contributed by atoms with Crippen molar-refractivity contribution >= 4 is 5.97 Å². The van der Waals surface area contributed by atoms with Crippen LogP contribution in [0.25, 0.3) is 0 Å². The maximum atomic E-state index is 11.8. The number of hydrogen-bond acceptors (Lipinski definition) is 3. The van der Waals surface area contributed by atoms with E-state index in [0.29, 0.717) is 0 Å². The summed E-state index contributed by atoms with van der Waals surface area (Å²) in [6.07, 6.45) is 5.88. The van der Waals surface area contributed by atoms with Crippen molar-refractivity contribution in [1.82, 2.24) is 4.90 Å². The molecule has 4 nitrogen and oxygen atoms in total. The van der Waals surface area contributed by atoms with Gasteiger partial charge in [-0.1, -0.05) is 25.0 Å². The number of hydrogen-bond donors (Lipinski definition) is 1. The van der Waals surface area contributed by atoms with Crippen LogP contribution in [0.5, 0.6) is 5.75 Å². The highest BCUT2D eigenvalue weighted by Crippen LogP contribution is 2.42. The van der Waals surface area contributed by atoms with Crippen LogP contribution >= 0.6 is 0 Å². The van der Waals surface area contributed by atoms with Gasteiger partial charge in [0.25, 0.3) is 0 Å². The summed E-state index contributed by atoms with van der Waals surface area (Å²) in [5.41, 5.74) is 0.196. The van der Waals surface area contributed by atoms with E-state index in [-0.39, 0.29) is 6.10 Å². The SMILES string of the molecule is CN1CCCC(Oc2cccc(C3(C(=O)O)CCCC3)c2)C1. The molecular formula is C18H25NO3. The summed E-state index contributed by atoms with van der Waals surface area (Å²) < 4.78 is 6.12. The first-order valence-corrected chi connectivity index (χ1v) is 8.29. The van der Waals surface area contributed by atoms with Gasteiger partial charge in [0.1, 0.15) is 11.9 Å². The van der Waals surface area contributed by atoms with Crippen LogP contribution in [0.3, 0.4) is 0 Å². The molecule has 0 amide bonds. The minimum atomic E-state index is -0.706. The summed E-state index contributed by atoms with van der Waals surface area (Å²) in [5, 5.41) is 9.72. The van der Waals surface area contributed by atoms with Crippen molar-refractivity contribution in [1.29, 1.82) is 0 Å². The smallest absolute Gasteiger partial charge is 0.314 e. The quantitative estimate of drug-likeness (QED) is 0.929. The maximum Gasteiger partial charge on any atom is 0.314 e. The van der Waals surface area contributed by atoms with E-state index in [9.17, 15) is 9.90 Å². The molecule has 120 valence electrons. The summed E-state index contributed by atoms with van der Waals surface area (Å²) in [6, 6.07) is 7.77. The van der Waals surface area contributed by atoms with Gasteiger partial charge in [-0.3, -0.25) is 4.79 Å². The van der Waals surface area contributed by atoms with Crippen molar-refractivity contribution in [2.24, 2.45) is 0 Å². The molecule has 1 heterocycles. The zero-order valence-electron chi connectivity index (χ0n) is 13.3. The van der Waals surface area contributed by atoms with Gasteiger partial charge in [0.15, 0.2) is 0 Å². The molecule has 1 atom stereocenters. The van der Waals surface area contributed by atoms with E-state index < -0.39 is 11.4 Å². The third-order valence-corrected chi connectivity index (χ3v) is 5.14. The Labute approximate surface area is 132 Å². The lowest BCUT2D eigenvalue weighted by Crippen LogP contribution is -2.38. The molecule has 1 saturated heterocycles. The van der Waals surface area contributed by atoms with E-state index in [2.05, 4.69) is 11.9 Å². The van der Waals surface area contributed by atoms with Gasteiger partial charge in [-0.05, 0) is 57.0 Å². The Morgan fingerprint density at radius 2 is 2.09 bits per heavy atom. The predicted molar refractivity (Wildman–Crippen MR) is 85.4 cm³/mol. The number of rotatable bonds is 4. The fourth-order valence-electron chi connectivity index (χ4n) is 3.88. The number of benzene rings is 1. The lowest BCUT2D eigenvalue weighted by Gasteiger charge is -2.30.